The van der Waals surface area contributed by atoms with Crippen LogP contribution in [0.2, 0.25) is 0 Å². The summed E-state index contributed by atoms with van der Waals surface area (Å²) < 4.78 is 11.1. The lowest BCUT2D eigenvalue weighted by Crippen LogP contribution is -2.34. The van der Waals surface area contributed by atoms with Crippen LogP contribution >= 0.6 is 0 Å². The summed E-state index contributed by atoms with van der Waals surface area (Å²) in [6.07, 6.45) is 7.39. The molecule has 2 aliphatic heterocycles. The molecule has 1 aliphatic carbocycles. The first-order chi connectivity index (χ1) is 9.88. The van der Waals surface area contributed by atoms with Crippen LogP contribution in [-0.2, 0) is 4.74 Å². The Bertz CT molecular complexity index is 444. The first kappa shape index (κ1) is 12.8. The molecule has 110 valence electrons. The van der Waals surface area contributed by atoms with Crippen molar-refractivity contribution < 1.29 is 9.26 Å². The van der Waals surface area contributed by atoms with E-state index in [0.29, 0.717) is 5.92 Å². The van der Waals surface area contributed by atoms with Gasteiger partial charge < -0.3 is 14.2 Å². The first-order valence-electron chi connectivity index (χ1n) is 8.06. The van der Waals surface area contributed by atoms with Crippen LogP contribution in [-0.4, -0.2) is 41.3 Å². The average molecular weight is 277 g/mol. The maximum Gasteiger partial charge on any atom is 0.229 e. The molecule has 0 radical (unpaired) electrons. The fourth-order valence-corrected chi connectivity index (χ4v) is 3.35. The zero-order valence-corrected chi connectivity index (χ0v) is 12.0. The predicted molar refractivity (Wildman–Crippen MR) is 73.4 cm³/mol. The molecule has 4 rings (SSSR count). The van der Waals surface area contributed by atoms with Gasteiger partial charge in [-0.25, -0.2) is 0 Å². The fraction of sp³-hybridized carbons (Fsp3) is 0.867. The first-order valence-corrected chi connectivity index (χ1v) is 8.06. The molecule has 1 aromatic rings. The number of likely N-dealkylation sites (tertiary alicyclic amines) is 1. The molecule has 3 heterocycles. The van der Waals surface area contributed by atoms with E-state index in [0.717, 1.165) is 49.9 Å². The molecule has 0 N–H and O–H groups in total. The van der Waals surface area contributed by atoms with Crippen LogP contribution in [0, 0.1) is 5.92 Å². The van der Waals surface area contributed by atoms with E-state index in [2.05, 4.69) is 15.0 Å². The largest absolute Gasteiger partial charge is 0.370 e. The fourth-order valence-electron chi connectivity index (χ4n) is 3.35. The number of aromatic nitrogens is 2. The third-order valence-electron chi connectivity index (χ3n) is 4.83. The number of rotatable bonds is 4. The average Bonchev–Trinajstić information content (AvgIpc) is 2.98. The summed E-state index contributed by atoms with van der Waals surface area (Å²) in [5, 5.41) is 4.13. The maximum absolute atomic E-state index is 5.61. The lowest BCUT2D eigenvalue weighted by Gasteiger charge is -2.30. The van der Waals surface area contributed by atoms with Gasteiger partial charge in [-0.15, -0.1) is 0 Å². The highest BCUT2D eigenvalue weighted by atomic mass is 16.5. The van der Waals surface area contributed by atoms with Gasteiger partial charge in [-0.1, -0.05) is 5.16 Å². The molecule has 1 atom stereocenters. The molecule has 3 fully saturated rings. The zero-order chi connectivity index (χ0) is 13.4. The molecule has 3 aliphatic rings. The summed E-state index contributed by atoms with van der Waals surface area (Å²) in [6, 6.07) is 0. The van der Waals surface area contributed by atoms with Crippen molar-refractivity contribution in [3.63, 3.8) is 0 Å². The molecule has 0 spiro atoms. The van der Waals surface area contributed by atoms with Crippen LogP contribution < -0.4 is 0 Å². The van der Waals surface area contributed by atoms with Gasteiger partial charge in [0.2, 0.25) is 11.7 Å². The van der Waals surface area contributed by atoms with Gasteiger partial charge in [-0.3, -0.25) is 0 Å². The molecule has 0 amide bonds. The van der Waals surface area contributed by atoms with Gasteiger partial charge in [0.1, 0.15) is 6.10 Å². The van der Waals surface area contributed by atoms with E-state index in [-0.39, 0.29) is 6.10 Å². The standard InChI is InChI=1S/C15H23N3O2/c1-2-13(19-9-1)14-16-15(20-17-14)12-5-7-18(8-6-12)10-11-3-4-11/h11-13H,1-10H2. The van der Waals surface area contributed by atoms with E-state index in [1.165, 1.54) is 32.5 Å². The van der Waals surface area contributed by atoms with Crippen LogP contribution in [0.5, 0.6) is 0 Å². The van der Waals surface area contributed by atoms with Crippen molar-refractivity contribution in [2.24, 2.45) is 5.92 Å². The molecule has 5 heteroatoms. The summed E-state index contributed by atoms with van der Waals surface area (Å²) in [7, 11) is 0. The van der Waals surface area contributed by atoms with Crippen molar-refractivity contribution in [1.29, 1.82) is 0 Å². The Morgan fingerprint density at radius 3 is 2.65 bits per heavy atom. The molecule has 20 heavy (non-hydrogen) atoms. The van der Waals surface area contributed by atoms with Crippen molar-refractivity contribution in [3.05, 3.63) is 11.7 Å². The number of piperidine rings is 1. The third kappa shape index (κ3) is 2.74. The van der Waals surface area contributed by atoms with Gasteiger partial charge in [0.05, 0.1) is 0 Å². The Morgan fingerprint density at radius 1 is 1.10 bits per heavy atom. The monoisotopic (exact) mass is 277 g/mol. The minimum absolute atomic E-state index is 0.0717. The Hall–Kier alpha value is -0.940. The van der Waals surface area contributed by atoms with Crippen molar-refractivity contribution >= 4 is 0 Å². The van der Waals surface area contributed by atoms with Crippen LogP contribution in [0.25, 0.3) is 0 Å². The van der Waals surface area contributed by atoms with Gasteiger partial charge in [0.15, 0.2) is 0 Å². The summed E-state index contributed by atoms with van der Waals surface area (Å²) >= 11 is 0. The molecule has 0 bridgehead atoms. The van der Waals surface area contributed by atoms with E-state index in [4.69, 9.17) is 9.26 Å². The van der Waals surface area contributed by atoms with E-state index in [1.807, 2.05) is 0 Å². The Morgan fingerprint density at radius 2 is 1.95 bits per heavy atom. The third-order valence-corrected chi connectivity index (χ3v) is 4.83. The Balaban J connectivity index is 1.33. The Kier molecular flexibility index (Phi) is 3.48. The summed E-state index contributed by atoms with van der Waals surface area (Å²) in [5.74, 6) is 3.04. The molecular weight excluding hydrogens is 254 g/mol. The van der Waals surface area contributed by atoms with Gasteiger partial charge in [-0.2, -0.15) is 4.98 Å². The van der Waals surface area contributed by atoms with E-state index < -0.39 is 0 Å². The normalized spacial score (nSPS) is 29.1. The quantitative estimate of drug-likeness (QED) is 0.846. The van der Waals surface area contributed by atoms with Crippen LogP contribution in [0.3, 0.4) is 0 Å². The number of hydrogen-bond acceptors (Lipinski definition) is 5. The second-order valence-corrected chi connectivity index (χ2v) is 6.51. The van der Waals surface area contributed by atoms with Crippen molar-refractivity contribution in [3.8, 4) is 0 Å². The molecule has 2 saturated heterocycles. The number of hydrogen-bond donors (Lipinski definition) is 0. The topological polar surface area (TPSA) is 51.4 Å². The highest BCUT2D eigenvalue weighted by Crippen LogP contribution is 2.34. The summed E-state index contributed by atoms with van der Waals surface area (Å²) in [6.45, 7) is 4.49. The second-order valence-electron chi connectivity index (χ2n) is 6.51. The maximum atomic E-state index is 5.61. The highest BCUT2D eigenvalue weighted by Gasteiger charge is 2.30. The Labute approximate surface area is 119 Å². The minimum Gasteiger partial charge on any atom is -0.370 e. The highest BCUT2D eigenvalue weighted by molar-refractivity contribution is 4.99. The lowest BCUT2D eigenvalue weighted by molar-refractivity contribution is 0.103. The van der Waals surface area contributed by atoms with E-state index in [1.54, 1.807) is 0 Å². The zero-order valence-electron chi connectivity index (χ0n) is 12.0. The van der Waals surface area contributed by atoms with Crippen molar-refractivity contribution in [2.45, 2.75) is 50.5 Å². The van der Waals surface area contributed by atoms with Crippen LogP contribution in [0.1, 0.15) is 62.3 Å². The SMILES string of the molecule is C1COC(c2noc(C3CCN(CC4CC4)CC3)n2)C1. The molecule has 1 saturated carbocycles. The molecular formula is C15H23N3O2. The number of ether oxygens (including phenoxy) is 1. The second kappa shape index (κ2) is 5.45. The summed E-state index contributed by atoms with van der Waals surface area (Å²) in [4.78, 5) is 7.20. The smallest absolute Gasteiger partial charge is 0.229 e. The molecule has 5 nitrogen and oxygen atoms in total. The van der Waals surface area contributed by atoms with Gasteiger partial charge in [0, 0.05) is 19.1 Å². The molecule has 1 aromatic heterocycles. The van der Waals surface area contributed by atoms with Crippen LogP contribution in [0.4, 0.5) is 0 Å². The van der Waals surface area contributed by atoms with E-state index >= 15 is 0 Å². The van der Waals surface area contributed by atoms with E-state index in [9.17, 15) is 0 Å². The van der Waals surface area contributed by atoms with Gasteiger partial charge in [-0.05, 0) is 57.5 Å². The lowest BCUT2D eigenvalue weighted by atomic mass is 9.96. The number of nitrogens with zero attached hydrogens (tertiary/aromatic N) is 3. The van der Waals surface area contributed by atoms with Gasteiger partial charge in [0.25, 0.3) is 0 Å². The van der Waals surface area contributed by atoms with Crippen molar-refractivity contribution in [2.75, 3.05) is 26.2 Å². The van der Waals surface area contributed by atoms with Crippen LogP contribution in [0.15, 0.2) is 4.52 Å². The minimum atomic E-state index is 0.0717. The van der Waals surface area contributed by atoms with Crippen molar-refractivity contribution in [1.82, 2.24) is 15.0 Å². The summed E-state index contributed by atoms with van der Waals surface area (Å²) in [5.41, 5.74) is 0. The molecule has 1 unspecified atom stereocenters. The predicted octanol–water partition coefficient (Wildman–Crippen LogP) is 2.51. The van der Waals surface area contributed by atoms with Gasteiger partial charge >= 0.3 is 0 Å². The molecule has 0 aromatic carbocycles.